The van der Waals surface area contributed by atoms with E-state index in [0.717, 1.165) is 0 Å². The van der Waals surface area contributed by atoms with Gasteiger partial charge in [0.2, 0.25) is 6.08 Å². The summed E-state index contributed by atoms with van der Waals surface area (Å²) in [5.41, 5.74) is 8.32. The molecule has 0 heterocycles. The van der Waals surface area contributed by atoms with Crippen LogP contribution in [0.5, 0.6) is 0 Å². The summed E-state index contributed by atoms with van der Waals surface area (Å²) in [6.45, 7) is 0. The molecule has 0 amide bonds. The van der Waals surface area contributed by atoms with Crippen LogP contribution in [-0.4, -0.2) is 14.8 Å². The lowest BCUT2D eigenvalue weighted by Crippen LogP contribution is -1.86. The maximum atomic E-state index is 10.7. The third-order valence-corrected chi connectivity index (χ3v) is 2.12. The minimum Gasteiger partial charge on any atom is -0.302 e. The maximum Gasteiger partial charge on any atom is 0.240 e. The van der Waals surface area contributed by atoms with Gasteiger partial charge in [-0.25, -0.2) is 9.00 Å². The van der Waals surface area contributed by atoms with Crippen molar-refractivity contribution in [2.24, 2.45) is 10.1 Å². The molecule has 1 aromatic carbocycles. The molecule has 0 aliphatic heterocycles. The van der Waals surface area contributed by atoms with Crippen molar-refractivity contribution < 1.29 is 13.6 Å². The Labute approximate surface area is 86.4 Å². The summed E-state index contributed by atoms with van der Waals surface area (Å²) in [7, 11) is 0. The number of nitrogens with zero attached hydrogens (tertiary/aromatic N) is 4. The fourth-order valence-electron chi connectivity index (χ4n) is 0.884. The molecule has 0 fully saturated rings. The Morgan fingerprint density at radius 3 is 2.73 bits per heavy atom. The second-order valence-electron chi connectivity index (χ2n) is 2.29. The lowest BCUT2D eigenvalue weighted by atomic mass is 10.3. The van der Waals surface area contributed by atoms with Gasteiger partial charge in [0.25, 0.3) is 0 Å². The topological polar surface area (TPSA) is 115 Å². The van der Waals surface area contributed by atoms with Crippen molar-refractivity contribution in [3.63, 3.8) is 0 Å². The molecule has 0 saturated carbocycles. The summed E-state index contributed by atoms with van der Waals surface area (Å²) in [5.74, 6) is 0. The number of aliphatic imine (C=N–C) groups is 1. The van der Waals surface area contributed by atoms with E-state index in [9.17, 15) is 9.00 Å². The summed E-state index contributed by atoms with van der Waals surface area (Å²) in [5, 5.41) is 3.23. The van der Waals surface area contributed by atoms with Crippen molar-refractivity contribution in [1.82, 2.24) is 0 Å². The number of azide groups is 1. The highest BCUT2D eigenvalue weighted by atomic mass is 32.2. The molecular weight excluding hydrogens is 220 g/mol. The minimum absolute atomic E-state index is 0.000694. The first-order chi connectivity index (χ1) is 7.19. The number of hydrogen-bond acceptors (Lipinski definition) is 4. The molecule has 1 N–H and O–H groups in total. The smallest absolute Gasteiger partial charge is 0.240 e. The second-order valence-corrected chi connectivity index (χ2v) is 3.26. The minimum atomic E-state index is -2.18. The first-order valence-electron chi connectivity index (χ1n) is 3.57. The van der Waals surface area contributed by atoms with E-state index in [4.69, 9.17) is 10.1 Å². The standard InChI is InChI=1S/C7H4N4O3S/c8-11-10-7-3-5(15(13)14)1-2-6(7)9-4-12/h1-3H,(H,13,14). The number of carbonyl (C=O) groups excluding carboxylic acids is 1. The van der Waals surface area contributed by atoms with E-state index >= 15 is 0 Å². The van der Waals surface area contributed by atoms with Gasteiger partial charge < -0.3 is 4.55 Å². The molecule has 15 heavy (non-hydrogen) atoms. The Morgan fingerprint density at radius 2 is 2.20 bits per heavy atom. The Hall–Kier alpha value is -1.98. The SMILES string of the molecule is [N-]=[N+]=Nc1cc(S(=O)O)ccc1N=C=O. The number of rotatable bonds is 3. The van der Waals surface area contributed by atoms with E-state index in [1.54, 1.807) is 0 Å². The number of hydrogen-bond donors (Lipinski definition) is 1. The van der Waals surface area contributed by atoms with Gasteiger partial charge in [0.15, 0.2) is 11.1 Å². The molecule has 0 aliphatic rings. The molecule has 0 radical (unpaired) electrons. The zero-order valence-electron chi connectivity index (χ0n) is 7.19. The van der Waals surface area contributed by atoms with Gasteiger partial charge in [0.1, 0.15) is 0 Å². The third-order valence-electron chi connectivity index (χ3n) is 1.47. The fourth-order valence-corrected chi connectivity index (χ4v) is 1.28. The molecule has 0 spiro atoms. The van der Waals surface area contributed by atoms with Crippen molar-refractivity contribution in [2.75, 3.05) is 0 Å². The Kier molecular flexibility index (Phi) is 3.73. The predicted molar refractivity (Wildman–Crippen MR) is 52.1 cm³/mol. The quantitative estimate of drug-likeness (QED) is 0.212. The Balaban J connectivity index is 3.38. The van der Waals surface area contributed by atoms with Gasteiger partial charge >= 0.3 is 0 Å². The lowest BCUT2D eigenvalue weighted by molar-refractivity contribution is 0.564. The van der Waals surface area contributed by atoms with Gasteiger partial charge in [-0.2, -0.15) is 4.99 Å². The summed E-state index contributed by atoms with van der Waals surface area (Å²) >= 11 is -2.18. The molecule has 76 valence electrons. The molecule has 1 rings (SSSR count). The van der Waals surface area contributed by atoms with Crippen molar-refractivity contribution in [2.45, 2.75) is 4.90 Å². The predicted octanol–water partition coefficient (Wildman–Crippen LogP) is 2.18. The van der Waals surface area contributed by atoms with E-state index in [0.29, 0.717) is 0 Å². The lowest BCUT2D eigenvalue weighted by Gasteiger charge is -1.99. The summed E-state index contributed by atoms with van der Waals surface area (Å²) < 4.78 is 19.5. The van der Waals surface area contributed by atoms with E-state index in [1.165, 1.54) is 24.3 Å². The zero-order valence-corrected chi connectivity index (χ0v) is 8.01. The van der Waals surface area contributed by atoms with Gasteiger partial charge in [-0.05, 0) is 23.7 Å². The molecule has 1 atom stereocenters. The highest BCUT2D eigenvalue weighted by Gasteiger charge is 2.05. The molecule has 0 saturated heterocycles. The summed E-state index contributed by atoms with van der Waals surface area (Å²) in [4.78, 5) is 15.8. The first kappa shape index (κ1) is 11.1. The van der Waals surface area contributed by atoms with E-state index in [-0.39, 0.29) is 16.3 Å². The van der Waals surface area contributed by atoms with Gasteiger partial charge in [-0.15, -0.1) is 0 Å². The van der Waals surface area contributed by atoms with Gasteiger partial charge in [0, 0.05) is 4.91 Å². The molecule has 0 bridgehead atoms. The van der Waals surface area contributed by atoms with Crippen LogP contribution in [0.25, 0.3) is 10.4 Å². The van der Waals surface area contributed by atoms with Crippen LogP contribution in [0.1, 0.15) is 0 Å². The third kappa shape index (κ3) is 2.73. The fraction of sp³-hybridized carbons (Fsp3) is 0. The van der Waals surface area contributed by atoms with Crippen LogP contribution in [-0.2, 0) is 15.9 Å². The van der Waals surface area contributed by atoms with Crippen molar-refractivity contribution >= 4 is 28.5 Å². The maximum absolute atomic E-state index is 10.7. The highest BCUT2D eigenvalue weighted by molar-refractivity contribution is 7.79. The van der Waals surface area contributed by atoms with E-state index in [1.807, 2.05) is 0 Å². The molecule has 1 aromatic rings. The van der Waals surface area contributed by atoms with Crippen molar-refractivity contribution in [3.05, 3.63) is 28.6 Å². The van der Waals surface area contributed by atoms with Crippen LogP contribution in [0.2, 0.25) is 0 Å². The van der Waals surface area contributed by atoms with Crippen LogP contribution in [0.3, 0.4) is 0 Å². The molecule has 7 nitrogen and oxygen atoms in total. The van der Waals surface area contributed by atoms with Crippen LogP contribution in [0.15, 0.2) is 33.2 Å². The van der Waals surface area contributed by atoms with Crippen LogP contribution in [0.4, 0.5) is 11.4 Å². The molecule has 8 heteroatoms. The van der Waals surface area contributed by atoms with Crippen LogP contribution < -0.4 is 0 Å². The van der Waals surface area contributed by atoms with Gasteiger partial charge in [0.05, 0.1) is 16.3 Å². The van der Waals surface area contributed by atoms with E-state index in [2.05, 4.69) is 15.0 Å². The second kappa shape index (κ2) is 5.04. The Morgan fingerprint density at radius 1 is 1.47 bits per heavy atom. The van der Waals surface area contributed by atoms with Crippen molar-refractivity contribution in [1.29, 1.82) is 0 Å². The van der Waals surface area contributed by atoms with Gasteiger partial charge in [-0.3, -0.25) is 0 Å². The van der Waals surface area contributed by atoms with Crippen LogP contribution in [0, 0.1) is 0 Å². The number of benzene rings is 1. The molecule has 1 unspecified atom stereocenters. The number of isocyanates is 1. The average Bonchev–Trinajstić information content (AvgIpc) is 2.21. The van der Waals surface area contributed by atoms with E-state index < -0.39 is 11.1 Å². The normalized spacial score (nSPS) is 11.0. The highest BCUT2D eigenvalue weighted by Crippen LogP contribution is 2.29. The summed E-state index contributed by atoms with van der Waals surface area (Å²) in [6.07, 6.45) is 1.28. The molecule has 0 aromatic heterocycles. The Bertz CT molecular complexity index is 503. The first-order valence-corrected chi connectivity index (χ1v) is 4.67. The largest absolute Gasteiger partial charge is 0.302 e. The summed E-state index contributed by atoms with van der Waals surface area (Å²) in [6, 6.07) is 3.76. The molecular formula is C7H4N4O3S. The van der Waals surface area contributed by atoms with Crippen molar-refractivity contribution in [3.8, 4) is 0 Å². The van der Waals surface area contributed by atoms with Crippen LogP contribution >= 0.6 is 0 Å². The molecule has 0 aliphatic carbocycles. The zero-order chi connectivity index (χ0) is 11.3. The monoisotopic (exact) mass is 224 g/mol. The average molecular weight is 224 g/mol. The van der Waals surface area contributed by atoms with Gasteiger partial charge in [-0.1, -0.05) is 5.11 Å².